The number of nitrogens with two attached hydrogens (primary N) is 1. The first-order valence-corrected chi connectivity index (χ1v) is 5.64. The van der Waals surface area contributed by atoms with E-state index in [0.717, 1.165) is 6.54 Å². The number of rotatable bonds is 5. The van der Waals surface area contributed by atoms with Gasteiger partial charge >= 0.3 is 0 Å². The average Bonchev–Trinajstić information content (AvgIpc) is 3.03. The quantitative estimate of drug-likeness (QED) is 0.711. The van der Waals surface area contributed by atoms with Crippen molar-refractivity contribution in [1.29, 1.82) is 0 Å². The molecule has 0 aromatic carbocycles. The molecule has 8 nitrogen and oxygen atoms in total. The zero-order valence-corrected chi connectivity index (χ0v) is 10.1. The van der Waals surface area contributed by atoms with Gasteiger partial charge < -0.3 is 11.1 Å². The summed E-state index contributed by atoms with van der Waals surface area (Å²) in [6.07, 6.45) is 3.59. The lowest BCUT2D eigenvalue weighted by Crippen LogP contribution is -2.29. The van der Waals surface area contributed by atoms with Gasteiger partial charge in [0.1, 0.15) is 5.69 Å². The molecule has 1 amide bonds. The van der Waals surface area contributed by atoms with Gasteiger partial charge in [-0.25, -0.2) is 4.68 Å². The van der Waals surface area contributed by atoms with Crippen molar-refractivity contribution in [1.82, 2.24) is 30.1 Å². The topological polar surface area (TPSA) is 104 Å². The van der Waals surface area contributed by atoms with Crippen LogP contribution in [-0.4, -0.2) is 37.2 Å². The fourth-order valence-electron chi connectivity index (χ4n) is 1.40. The molecule has 2 heterocycles. The van der Waals surface area contributed by atoms with Crippen LogP contribution in [0.4, 0.5) is 0 Å². The van der Waals surface area contributed by atoms with Crippen molar-refractivity contribution < 1.29 is 4.79 Å². The summed E-state index contributed by atoms with van der Waals surface area (Å²) < 4.78 is 3.36. The molecule has 2 rings (SSSR count). The lowest BCUT2D eigenvalue weighted by Gasteiger charge is -1.98. The van der Waals surface area contributed by atoms with Crippen molar-refractivity contribution in [3.63, 3.8) is 0 Å². The minimum Gasteiger partial charge on any atom is -0.349 e. The van der Waals surface area contributed by atoms with E-state index in [0.29, 0.717) is 18.1 Å². The van der Waals surface area contributed by atoms with Gasteiger partial charge in [-0.3, -0.25) is 9.48 Å². The highest BCUT2D eigenvalue weighted by molar-refractivity contribution is 5.77. The Kier molecular flexibility index (Phi) is 3.68. The number of aromatic nitrogens is 5. The second-order valence-electron chi connectivity index (χ2n) is 3.66. The Morgan fingerprint density at radius 2 is 2.39 bits per heavy atom. The Hall–Kier alpha value is -2.22. The zero-order valence-electron chi connectivity index (χ0n) is 10.1. The maximum Gasteiger partial charge on any atom is 0.234 e. The van der Waals surface area contributed by atoms with Crippen molar-refractivity contribution >= 4 is 5.91 Å². The Morgan fingerprint density at radius 1 is 1.56 bits per heavy atom. The Balaban J connectivity index is 2.03. The van der Waals surface area contributed by atoms with Gasteiger partial charge in [-0.05, 0) is 6.92 Å². The van der Waals surface area contributed by atoms with Crippen LogP contribution in [0.2, 0.25) is 0 Å². The molecule has 0 radical (unpaired) electrons. The van der Waals surface area contributed by atoms with Crippen LogP contribution in [0, 0.1) is 0 Å². The Labute approximate surface area is 104 Å². The molecule has 0 unspecified atom stereocenters. The number of hydrogen-bond donors (Lipinski definition) is 2. The lowest BCUT2D eigenvalue weighted by molar-refractivity contribution is -0.119. The number of carbonyl (C=O) groups is 1. The molecule has 0 fully saturated rings. The molecule has 3 N–H and O–H groups in total. The minimum atomic E-state index is -0.222. The third-order valence-corrected chi connectivity index (χ3v) is 2.38. The SMILES string of the molecule is CCn1ccc(-n2cc(CNC(=O)CN)nn2)n1. The second-order valence-corrected chi connectivity index (χ2v) is 3.66. The van der Waals surface area contributed by atoms with Gasteiger partial charge in [0, 0.05) is 18.8 Å². The van der Waals surface area contributed by atoms with E-state index in [4.69, 9.17) is 5.73 Å². The summed E-state index contributed by atoms with van der Waals surface area (Å²) in [5, 5.41) is 14.8. The molecule has 0 aliphatic rings. The average molecular weight is 249 g/mol. The normalized spacial score (nSPS) is 10.6. The van der Waals surface area contributed by atoms with Crippen molar-refractivity contribution in [2.24, 2.45) is 5.73 Å². The van der Waals surface area contributed by atoms with E-state index < -0.39 is 0 Å². The monoisotopic (exact) mass is 249 g/mol. The van der Waals surface area contributed by atoms with Crippen molar-refractivity contribution in [2.75, 3.05) is 6.54 Å². The van der Waals surface area contributed by atoms with E-state index in [9.17, 15) is 4.79 Å². The van der Waals surface area contributed by atoms with Gasteiger partial charge in [-0.15, -0.1) is 5.10 Å². The van der Waals surface area contributed by atoms with Crippen LogP contribution in [0.1, 0.15) is 12.6 Å². The van der Waals surface area contributed by atoms with Crippen LogP contribution in [0.25, 0.3) is 5.82 Å². The van der Waals surface area contributed by atoms with Crippen molar-refractivity contribution in [3.05, 3.63) is 24.2 Å². The molecule has 8 heteroatoms. The largest absolute Gasteiger partial charge is 0.349 e. The Morgan fingerprint density at radius 3 is 3.06 bits per heavy atom. The van der Waals surface area contributed by atoms with Gasteiger partial charge in [-0.2, -0.15) is 5.10 Å². The molecule has 0 saturated carbocycles. The lowest BCUT2D eigenvalue weighted by atomic mass is 10.4. The molecule has 96 valence electrons. The van der Waals surface area contributed by atoms with Gasteiger partial charge in [0.2, 0.25) is 5.91 Å². The summed E-state index contributed by atoms with van der Waals surface area (Å²) in [6, 6.07) is 1.85. The summed E-state index contributed by atoms with van der Waals surface area (Å²) >= 11 is 0. The van der Waals surface area contributed by atoms with E-state index in [-0.39, 0.29) is 12.5 Å². The number of nitrogens with zero attached hydrogens (tertiary/aromatic N) is 5. The smallest absolute Gasteiger partial charge is 0.234 e. The molecular formula is C10H15N7O. The molecule has 0 bridgehead atoms. The summed E-state index contributed by atoms with van der Waals surface area (Å²) in [6.45, 7) is 3.08. The van der Waals surface area contributed by atoms with Crippen molar-refractivity contribution in [3.8, 4) is 5.82 Å². The first kappa shape index (κ1) is 12.2. The highest BCUT2D eigenvalue weighted by atomic mass is 16.1. The van der Waals surface area contributed by atoms with E-state index in [1.807, 2.05) is 19.2 Å². The van der Waals surface area contributed by atoms with Gasteiger partial charge in [0.05, 0.1) is 19.3 Å². The molecule has 0 aliphatic heterocycles. The first-order valence-electron chi connectivity index (χ1n) is 5.64. The molecule has 18 heavy (non-hydrogen) atoms. The van der Waals surface area contributed by atoms with Crippen LogP contribution < -0.4 is 11.1 Å². The van der Waals surface area contributed by atoms with Crippen molar-refractivity contribution in [2.45, 2.75) is 20.0 Å². The number of hydrogen-bond acceptors (Lipinski definition) is 5. The van der Waals surface area contributed by atoms with Crippen LogP contribution in [-0.2, 0) is 17.9 Å². The summed E-state index contributed by atoms with van der Waals surface area (Å²) in [5.74, 6) is 0.473. The number of nitrogens with one attached hydrogen (secondary N) is 1. The van der Waals surface area contributed by atoms with E-state index in [1.165, 1.54) is 0 Å². The molecule has 2 aromatic rings. The number of carbonyl (C=O) groups excluding carboxylic acids is 1. The Bertz CT molecular complexity index is 530. The standard InChI is InChI=1S/C10H15N7O/c1-2-16-4-3-9(14-16)17-7-8(13-15-17)6-12-10(18)5-11/h3-4,7H,2,5-6,11H2,1H3,(H,12,18). The third-order valence-electron chi connectivity index (χ3n) is 2.38. The molecule has 0 aliphatic carbocycles. The highest BCUT2D eigenvalue weighted by Crippen LogP contribution is 2.03. The second kappa shape index (κ2) is 5.41. The highest BCUT2D eigenvalue weighted by Gasteiger charge is 2.06. The predicted octanol–water partition coefficient (Wildman–Crippen LogP) is -0.941. The maximum absolute atomic E-state index is 11.0. The molecule has 0 spiro atoms. The molecular weight excluding hydrogens is 234 g/mol. The van der Waals surface area contributed by atoms with E-state index >= 15 is 0 Å². The summed E-state index contributed by atoms with van der Waals surface area (Å²) in [7, 11) is 0. The van der Waals surface area contributed by atoms with Crippen LogP contribution >= 0.6 is 0 Å². The fraction of sp³-hybridized carbons (Fsp3) is 0.400. The number of aryl methyl sites for hydroxylation is 1. The van der Waals surface area contributed by atoms with Crippen LogP contribution in [0.15, 0.2) is 18.5 Å². The van der Waals surface area contributed by atoms with E-state index in [1.54, 1.807) is 15.6 Å². The van der Waals surface area contributed by atoms with Gasteiger partial charge in [-0.1, -0.05) is 5.21 Å². The number of amides is 1. The minimum absolute atomic E-state index is 0.0327. The van der Waals surface area contributed by atoms with E-state index in [2.05, 4.69) is 20.7 Å². The third kappa shape index (κ3) is 2.72. The van der Waals surface area contributed by atoms with Crippen LogP contribution in [0.5, 0.6) is 0 Å². The molecule has 0 saturated heterocycles. The van der Waals surface area contributed by atoms with Gasteiger partial charge in [0.25, 0.3) is 0 Å². The first-order chi connectivity index (χ1) is 8.72. The maximum atomic E-state index is 11.0. The van der Waals surface area contributed by atoms with Crippen LogP contribution in [0.3, 0.4) is 0 Å². The molecule has 2 aromatic heterocycles. The summed E-state index contributed by atoms with van der Waals surface area (Å²) in [5.41, 5.74) is 5.84. The zero-order chi connectivity index (χ0) is 13.0. The summed E-state index contributed by atoms with van der Waals surface area (Å²) in [4.78, 5) is 11.0. The fourth-order valence-corrected chi connectivity index (χ4v) is 1.40. The molecule has 0 atom stereocenters. The van der Waals surface area contributed by atoms with Gasteiger partial charge in [0.15, 0.2) is 5.82 Å². The predicted molar refractivity (Wildman–Crippen MR) is 63.7 cm³/mol.